The van der Waals surface area contributed by atoms with Crippen LogP contribution in [0.2, 0.25) is 0 Å². The minimum atomic E-state index is 1.12. The molecule has 1 aliphatic rings. The van der Waals surface area contributed by atoms with Crippen LogP contribution in [0.4, 0.5) is 0 Å². The Bertz CT molecular complexity index is 318. The lowest BCUT2D eigenvalue weighted by atomic mass is 10.1. The third-order valence-electron chi connectivity index (χ3n) is 2.94. The summed E-state index contributed by atoms with van der Waals surface area (Å²) >= 11 is 0. The molecule has 0 amide bonds. The number of hydrogen-bond donors (Lipinski definition) is 0. The maximum Gasteiger partial charge on any atom is 0.0233 e. The Balaban J connectivity index is 1.97. The molecule has 1 aromatic carbocycles. The first-order valence-electron chi connectivity index (χ1n) is 5.82. The van der Waals surface area contributed by atoms with Crippen LogP contribution in [0.3, 0.4) is 0 Å². The predicted octanol–water partition coefficient (Wildman–Crippen LogP) is 3.32. The number of benzene rings is 1. The highest BCUT2D eigenvalue weighted by Gasteiger charge is 2.10. The number of rotatable bonds is 3. The van der Waals surface area contributed by atoms with Crippen LogP contribution in [0.1, 0.15) is 30.9 Å². The fraction of sp³-hybridized carbons (Fsp3) is 0.429. The first kappa shape index (κ1) is 10.4. The lowest BCUT2D eigenvalue weighted by Gasteiger charge is -2.14. The average Bonchev–Trinajstić information content (AvgIpc) is 2.74. The summed E-state index contributed by atoms with van der Waals surface area (Å²) in [5, 5.41) is 0. The first-order valence-corrected chi connectivity index (χ1v) is 5.82. The highest BCUT2D eigenvalue weighted by atomic mass is 15.1. The summed E-state index contributed by atoms with van der Waals surface area (Å²) in [7, 11) is 0. The van der Waals surface area contributed by atoms with E-state index in [1.54, 1.807) is 0 Å². The molecule has 1 aromatic rings. The molecule has 0 saturated carbocycles. The summed E-state index contributed by atoms with van der Waals surface area (Å²) in [4.78, 5) is 2.53. The maximum absolute atomic E-state index is 2.53. The van der Waals surface area contributed by atoms with Gasteiger partial charge in [-0.15, -0.1) is 0 Å². The van der Waals surface area contributed by atoms with Gasteiger partial charge in [0, 0.05) is 6.54 Å². The first-order chi connectivity index (χ1) is 7.38. The van der Waals surface area contributed by atoms with Crippen LogP contribution in [0.15, 0.2) is 30.3 Å². The number of allylic oxidation sites excluding steroid dienone is 1. The second-order valence-corrected chi connectivity index (χ2v) is 4.22. The van der Waals surface area contributed by atoms with Gasteiger partial charge in [0.05, 0.1) is 0 Å². The largest absolute Gasteiger partial charge is 0.299 e. The van der Waals surface area contributed by atoms with Crippen molar-refractivity contribution >= 4 is 6.08 Å². The molecule has 80 valence electrons. The van der Waals surface area contributed by atoms with E-state index >= 15 is 0 Å². The second kappa shape index (κ2) is 5.13. The van der Waals surface area contributed by atoms with Gasteiger partial charge >= 0.3 is 0 Å². The topological polar surface area (TPSA) is 3.24 Å². The zero-order valence-electron chi connectivity index (χ0n) is 9.45. The fourth-order valence-electron chi connectivity index (χ4n) is 2.13. The van der Waals surface area contributed by atoms with Crippen molar-refractivity contribution in [2.45, 2.75) is 26.3 Å². The van der Waals surface area contributed by atoms with E-state index in [4.69, 9.17) is 0 Å². The third-order valence-corrected chi connectivity index (χ3v) is 2.94. The van der Waals surface area contributed by atoms with Crippen LogP contribution in [0.5, 0.6) is 0 Å². The van der Waals surface area contributed by atoms with Gasteiger partial charge in [-0.25, -0.2) is 0 Å². The van der Waals surface area contributed by atoms with Gasteiger partial charge < -0.3 is 0 Å². The molecule has 1 saturated heterocycles. The second-order valence-electron chi connectivity index (χ2n) is 4.22. The van der Waals surface area contributed by atoms with Crippen molar-refractivity contribution in [1.29, 1.82) is 0 Å². The Hall–Kier alpha value is -1.08. The Kier molecular flexibility index (Phi) is 3.57. The van der Waals surface area contributed by atoms with Crippen molar-refractivity contribution in [2.24, 2.45) is 0 Å². The zero-order valence-corrected chi connectivity index (χ0v) is 9.45. The minimum absolute atomic E-state index is 1.12. The molecule has 0 aliphatic carbocycles. The van der Waals surface area contributed by atoms with Crippen molar-refractivity contribution < 1.29 is 0 Å². The molecule has 0 spiro atoms. The lowest BCUT2D eigenvalue weighted by molar-refractivity contribution is 0.331. The molecule has 2 rings (SSSR count). The van der Waals surface area contributed by atoms with Crippen LogP contribution < -0.4 is 0 Å². The molecule has 0 unspecified atom stereocenters. The van der Waals surface area contributed by atoms with Crippen molar-refractivity contribution in [2.75, 3.05) is 13.1 Å². The Morgan fingerprint density at radius 3 is 2.40 bits per heavy atom. The summed E-state index contributed by atoms with van der Waals surface area (Å²) in [6, 6.07) is 8.89. The van der Waals surface area contributed by atoms with Gasteiger partial charge in [0.25, 0.3) is 0 Å². The summed E-state index contributed by atoms with van der Waals surface area (Å²) in [5.41, 5.74) is 2.73. The minimum Gasteiger partial charge on any atom is -0.299 e. The van der Waals surface area contributed by atoms with E-state index in [0.29, 0.717) is 0 Å². The van der Waals surface area contributed by atoms with E-state index in [1.165, 1.54) is 37.1 Å². The normalized spacial score (nSPS) is 17.7. The number of nitrogens with zero attached hydrogens (tertiary/aromatic N) is 1. The molecule has 0 atom stereocenters. The molecule has 0 aromatic heterocycles. The van der Waals surface area contributed by atoms with E-state index in [0.717, 1.165) is 6.54 Å². The highest BCUT2D eigenvalue weighted by molar-refractivity contribution is 5.49. The summed E-state index contributed by atoms with van der Waals surface area (Å²) in [6.07, 6.45) is 6.96. The van der Waals surface area contributed by atoms with Crippen molar-refractivity contribution in [3.05, 3.63) is 41.5 Å². The van der Waals surface area contributed by atoms with Crippen molar-refractivity contribution in [3.63, 3.8) is 0 Å². The summed E-state index contributed by atoms with van der Waals surface area (Å²) < 4.78 is 0. The zero-order chi connectivity index (χ0) is 10.5. The standard InChI is InChI=1S/C14H19N/c1-2-5-13-6-8-14(9-7-13)12-15-10-3-4-11-15/h2,5-9H,3-4,10-12H2,1H3/b5-2+. The van der Waals surface area contributed by atoms with Gasteiger partial charge in [-0.05, 0) is 44.0 Å². The summed E-state index contributed by atoms with van der Waals surface area (Å²) in [5.74, 6) is 0. The van der Waals surface area contributed by atoms with Crippen LogP contribution in [-0.4, -0.2) is 18.0 Å². The van der Waals surface area contributed by atoms with Gasteiger partial charge in [-0.2, -0.15) is 0 Å². The smallest absolute Gasteiger partial charge is 0.0233 e. The van der Waals surface area contributed by atoms with Gasteiger partial charge in [0.1, 0.15) is 0 Å². The third kappa shape index (κ3) is 2.93. The van der Waals surface area contributed by atoms with Crippen molar-refractivity contribution in [3.8, 4) is 0 Å². The molecule has 0 bridgehead atoms. The van der Waals surface area contributed by atoms with Crippen LogP contribution >= 0.6 is 0 Å². The number of likely N-dealkylation sites (tertiary alicyclic amines) is 1. The van der Waals surface area contributed by atoms with E-state index in [9.17, 15) is 0 Å². The van der Waals surface area contributed by atoms with E-state index < -0.39 is 0 Å². The van der Waals surface area contributed by atoms with Crippen LogP contribution in [-0.2, 0) is 6.54 Å². The average molecular weight is 201 g/mol. The van der Waals surface area contributed by atoms with E-state index in [2.05, 4.69) is 48.2 Å². The SMILES string of the molecule is C/C=C/c1ccc(CN2CCCC2)cc1. The van der Waals surface area contributed by atoms with Crippen LogP contribution in [0, 0.1) is 0 Å². The monoisotopic (exact) mass is 201 g/mol. The molecular formula is C14H19N. The lowest BCUT2D eigenvalue weighted by Crippen LogP contribution is -2.18. The molecule has 1 aliphatic heterocycles. The van der Waals surface area contributed by atoms with E-state index in [-0.39, 0.29) is 0 Å². The van der Waals surface area contributed by atoms with Gasteiger partial charge in [-0.1, -0.05) is 36.4 Å². The quantitative estimate of drug-likeness (QED) is 0.725. The van der Waals surface area contributed by atoms with Crippen LogP contribution in [0.25, 0.3) is 6.08 Å². The Morgan fingerprint density at radius 2 is 1.80 bits per heavy atom. The van der Waals surface area contributed by atoms with Gasteiger partial charge in [0.2, 0.25) is 0 Å². The van der Waals surface area contributed by atoms with Gasteiger partial charge in [0.15, 0.2) is 0 Å². The Morgan fingerprint density at radius 1 is 1.13 bits per heavy atom. The van der Waals surface area contributed by atoms with E-state index in [1.807, 2.05) is 0 Å². The molecule has 15 heavy (non-hydrogen) atoms. The maximum atomic E-state index is 2.53. The van der Waals surface area contributed by atoms with Crippen molar-refractivity contribution in [1.82, 2.24) is 4.90 Å². The molecule has 0 radical (unpaired) electrons. The molecule has 1 nitrogen and oxygen atoms in total. The Labute approximate surface area is 92.4 Å². The molecule has 1 heterocycles. The predicted molar refractivity (Wildman–Crippen MR) is 65.7 cm³/mol. The molecule has 1 fully saturated rings. The summed E-state index contributed by atoms with van der Waals surface area (Å²) in [6.45, 7) is 5.72. The molecule has 1 heteroatoms. The highest BCUT2D eigenvalue weighted by Crippen LogP contribution is 2.13. The molecular weight excluding hydrogens is 182 g/mol. The molecule has 0 N–H and O–H groups in total. The van der Waals surface area contributed by atoms with Gasteiger partial charge in [-0.3, -0.25) is 4.90 Å². The fourth-order valence-corrected chi connectivity index (χ4v) is 2.13. The number of hydrogen-bond acceptors (Lipinski definition) is 1.